The summed E-state index contributed by atoms with van der Waals surface area (Å²) >= 11 is 0. The predicted molar refractivity (Wildman–Crippen MR) is 122 cm³/mol. The number of hydrogen-bond donors (Lipinski definition) is 0. The summed E-state index contributed by atoms with van der Waals surface area (Å²) in [5, 5.41) is 1.43. The first kappa shape index (κ1) is 24.3. The minimum absolute atomic E-state index is 0.176. The molecular weight excluding hydrogens is 398 g/mol. The molecule has 7 heteroatoms. The SMILES string of the molecule is COc1ccc(OC)c2c(OC)c([C@H](CC=C(C)C)OC(=O)CN(C)C)cc(OC)c12. The van der Waals surface area contributed by atoms with E-state index in [1.54, 1.807) is 33.3 Å². The van der Waals surface area contributed by atoms with E-state index in [1.165, 1.54) is 0 Å². The molecule has 0 saturated carbocycles. The summed E-state index contributed by atoms with van der Waals surface area (Å²) in [5.41, 5.74) is 1.82. The fourth-order valence-corrected chi connectivity index (χ4v) is 3.45. The van der Waals surface area contributed by atoms with Crippen molar-refractivity contribution in [3.8, 4) is 23.0 Å². The molecule has 2 rings (SSSR count). The molecule has 1 atom stereocenters. The Labute approximate surface area is 184 Å². The van der Waals surface area contributed by atoms with Crippen molar-refractivity contribution in [1.82, 2.24) is 4.90 Å². The van der Waals surface area contributed by atoms with Crippen LogP contribution in [0.4, 0.5) is 0 Å². The van der Waals surface area contributed by atoms with Gasteiger partial charge in [-0.2, -0.15) is 0 Å². The molecule has 170 valence electrons. The zero-order chi connectivity index (χ0) is 23.1. The molecular formula is C24H33NO6. The number of nitrogens with zero attached hydrogens (tertiary/aromatic N) is 1. The molecule has 0 fully saturated rings. The monoisotopic (exact) mass is 431 g/mol. The lowest BCUT2D eigenvalue weighted by atomic mass is 9.97. The van der Waals surface area contributed by atoms with Crippen LogP contribution >= 0.6 is 0 Å². The van der Waals surface area contributed by atoms with Crippen molar-refractivity contribution in [2.75, 3.05) is 49.1 Å². The lowest BCUT2D eigenvalue weighted by Gasteiger charge is -2.24. The van der Waals surface area contributed by atoms with Gasteiger partial charge < -0.3 is 23.7 Å². The van der Waals surface area contributed by atoms with Crippen molar-refractivity contribution in [1.29, 1.82) is 0 Å². The number of benzene rings is 2. The second-order valence-electron chi connectivity index (χ2n) is 7.65. The maximum atomic E-state index is 12.5. The van der Waals surface area contributed by atoms with Gasteiger partial charge in [0, 0.05) is 12.0 Å². The Morgan fingerprint density at radius 3 is 2.00 bits per heavy atom. The third kappa shape index (κ3) is 5.61. The molecule has 0 unspecified atom stereocenters. The molecule has 0 bridgehead atoms. The second kappa shape index (κ2) is 10.9. The van der Waals surface area contributed by atoms with Gasteiger partial charge in [-0.05, 0) is 46.1 Å². The lowest BCUT2D eigenvalue weighted by molar-refractivity contribution is -0.150. The Balaban J connectivity index is 2.79. The first-order chi connectivity index (χ1) is 14.8. The predicted octanol–water partition coefficient (Wildman–Crippen LogP) is 4.38. The van der Waals surface area contributed by atoms with Crippen molar-refractivity contribution in [2.24, 2.45) is 0 Å². The van der Waals surface area contributed by atoms with Gasteiger partial charge in [-0.3, -0.25) is 9.69 Å². The minimum Gasteiger partial charge on any atom is -0.496 e. The van der Waals surface area contributed by atoms with E-state index in [9.17, 15) is 4.79 Å². The van der Waals surface area contributed by atoms with Crippen LogP contribution in [0.1, 0.15) is 31.9 Å². The third-order valence-corrected chi connectivity index (χ3v) is 4.82. The quantitative estimate of drug-likeness (QED) is 0.409. The third-order valence-electron chi connectivity index (χ3n) is 4.82. The first-order valence-corrected chi connectivity index (χ1v) is 10.0. The standard InChI is InChI=1S/C24H33NO6/c1-15(2)9-10-17(31-21(26)14-25(3)4)16-13-20(29-7)22-18(27-5)11-12-19(28-6)23(22)24(16)30-8/h9,11-13,17H,10,14H2,1-8H3/t17-/m0/s1. The fraction of sp³-hybridized carbons (Fsp3) is 0.458. The van der Waals surface area contributed by atoms with Crippen LogP contribution in [0.5, 0.6) is 23.0 Å². The van der Waals surface area contributed by atoms with Gasteiger partial charge in [-0.1, -0.05) is 11.6 Å². The van der Waals surface area contributed by atoms with Gasteiger partial charge in [0.25, 0.3) is 0 Å². The molecule has 31 heavy (non-hydrogen) atoms. The van der Waals surface area contributed by atoms with Crippen LogP contribution in [-0.2, 0) is 9.53 Å². The number of carbonyl (C=O) groups excluding carboxylic acids is 1. The van der Waals surface area contributed by atoms with Gasteiger partial charge in [0.15, 0.2) is 0 Å². The van der Waals surface area contributed by atoms with Gasteiger partial charge in [-0.15, -0.1) is 0 Å². The zero-order valence-electron chi connectivity index (χ0n) is 19.7. The Hall–Kier alpha value is -2.93. The molecule has 0 amide bonds. The summed E-state index contributed by atoms with van der Waals surface area (Å²) in [4.78, 5) is 14.3. The molecule has 0 aliphatic carbocycles. The summed E-state index contributed by atoms with van der Waals surface area (Å²) in [6.45, 7) is 4.19. The highest BCUT2D eigenvalue weighted by Gasteiger charge is 2.27. The highest BCUT2D eigenvalue weighted by molar-refractivity contribution is 6.03. The molecule has 2 aromatic rings. The largest absolute Gasteiger partial charge is 0.496 e. The smallest absolute Gasteiger partial charge is 0.320 e. The van der Waals surface area contributed by atoms with E-state index in [4.69, 9.17) is 23.7 Å². The van der Waals surface area contributed by atoms with Crippen LogP contribution in [0.15, 0.2) is 29.8 Å². The number of hydrogen-bond acceptors (Lipinski definition) is 7. The van der Waals surface area contributed by atoms with Gasteiger partial charge in [-0.25, -0.2) is 0 Å². The van der Waals surface area contributed by atoms with Crippen molar-refractivity contribution in [3.05, 3.63) is 35.4 Å². The van der Waals surface area contributed by atoms with Crippen LogP contribution < -0.4 is 18.9 Å². The average Bonchev–Trinajstić information content (AvgIpc) is 2.73. The fourth-order valence-electron chi connectivity index (χ4n) is 3.45. The maximum absolute atomic E-state index is 12.5. The van der Waals surface area contributed by atoms with Crippen LogP contribution in [0.25, 0.3) is 10.8 Å². The first-order valence-electron chi connectivity index (χ1n) is 10.0. The van der Waals surface area contributed by atoms with Gasteiger partial charge in [0.1, 0.15) is 29.1 Å². The Morgan fingerprint density at radius 2 is 1.52 bits per heavy atom. The van der Waals surface area contributed by atoms with Crippen LogP contribution in [0.3, 0.4) is 0 Å². The van der Waals surface area contributed by atoms with E-state index in [0.717, 1.165) is 11.0 Å². The van der Waals surface area contributed by atoms with Crippen LogP contribution in [-0.4, -0.2) is 59.9 Å². The van der Waals surface area contributed by atoms with E-state index in [1.807, 2.05) is 52.2 Å². The van der Waals surface area contributed by atoms with Crippen LogP contribution in [0.2, 0.25) is 0 Å². The molecule has 0 heterocycles. The number of allylic oxidation sites excluding steroid dienone is 1. The second-order valence-corrected chi connectivity index (χ2v) is 7.65. The minimum atomic E-state index is -0.563. The van der Waals surface area contributed by atoms with Crippen molar-refractivity contribution >= 4 is 16.7 Å². The van der Waals surface area contributed by atoms with Gasteiger partial charge in [0.05, 0.1) is 45.8 Å². The van der Waals surface area contributed by atoms with E-state index in [0.29, 0.717) is 40.4 Å². The van der Waals surface area contributed by atoms with E-state index in [-0.39, 0.29) is 12.5 Å². The number of ether oxygens (including phenoxy) is 5. The number of fused-ring (bicyclic) bond motifs is 1. The summed E-state index contributed by atoms with van der Waals surface area (Å²) in [6, 6.07) is 5.48. The van der Waals surface area contributed by atoms with Crippen molar-refractivity contribution in [2.45, 2.75) is 26.4 Å². The molecule has 0 spiro atoms. The molecule has 0 radical (unpaired) electrons. The summed E-state index contributed by atoms with van der Waals surface area (Å²) < 4.78 is 28.6. The van der Waals surface area contributed by atoms with Crippen molar-refractivity contribution < 1.29 is 28.5 Å². The highest BCUT2D eigenvalue weighted by atomic mass is 16.5. The molecule has 0 aliphatic heterocycles. The van der Waals surface area contributed by atoms with Gasteiger partial charge >= 0.3 is 5.97 Å². The average molecular weight is 432 g/mol. The normalized spacial score (nSPS) is 11.8. The van der Waals surface area contributed by atoms with Crippen LogP contribution in [0, 0.1) is 0 Å². The Morgan fingerprint density at radius 1 is 0.935 bits per heavy atom. The Bertz CT molecular complexity index is 947. The summed E-state index contributed by atoms with van der Waals surface area (Å²) in [6.07, 6.45) is 1.97. The Kier molecular flexibility index (Phi) is 8.56. The van der Waals surface area contributed by atoms with E-state index in [2.05, 4.69) is 0 Å². The maximum Gasteiger partial charge on any atom is 0.320 e. The van der Waals surface area contributed by atoms with E-state index < -0.39 is 6.10 Å². The number of rotatable bonds is 10. The van der Waals surface area contributed by atoms with Crippen molar-refractivity contribution in [3.63, 3.8) is 0 Å². The number of carbonyl (C=O) groups is 1. The molecule has 2 aromatic carbocycles. The zero-order valence-corrected chi connectivity index (χ0v) is 19.7. The topological polar surface area (TPSA) is 66.5 Å². The highest BCUT2D eigenvalue weighted by Crippen LogP contribution is 2.48. The molecule has 0 N–H and O–H groups in total. The van der Waals surface area contributed by atoms with Gasteiger partial charge in [0.2, 0.25) is 0 Å². The summed E-state index contributed by atoms with van der Waals surface area (Å²) in [7, 11) is 10.0. The van der Waals surface area contributed by atoms with E-state index >= 15 is 0 Å². The summed E-state index contributed by atoms with van der Waals surface area (Å²) in [5.74, 6) is 2.04. The number of likely N-dealkylation sites (N-methyl/N-ethyl adjacent to an activating group) is 1. The lowest BCUT2D eigenvalue weighted by Crippen LogP contribution is -2.25. The number of esters is 1. The molecule has 0 aromatic heterocycles. The number of methoxy groups -OCH3 is 4. The molecule has 7 nitrogen and oxygen atoms in total. The molecule has 0 saturated heterocycles. The molecule has 0 aliphatic rings.